The normalized spacial score (nSPS) is 48.9. The second-order valence-corrected chi connectivity index (χ2v) is 15.6. The fourth-order valence-corrected chi connectivity index (χ4v) is 11.1. The van der Waals surface area contributed by atoms with E-state index in [4.69, 9.17) is 0 Å². The van der Waals surface area contributed by atoms with Crippen molar-refractivity contribution in [1.29, 1.82) is 5.26 Å². The van der Waals surface area contributed by atoms with Crippen molar-refractivity contribution < 1.29 is 19.8 Å². The highest BCUT2D eigenvalue weighted by molar-refractivity contribution is 6.04. The molecule has 37 heavy (non-hydrogen) atoms. The van der Waals surface area contributed by atoms with Crippen LogP contribution in [0.4, 0.5) is 0 Å². The molecule has 0 aromatic heterocycles. The minimum atomic E-state index is -0.795. The maximum Gasteiger partial charge on any atom is 0.178 e. The molecule has 0 aromatic carbocycles. The van der Waals surface area contributed by atoms with Crippen LogP contribution in [-0.2, 0) is 9.59 Å². The Kier molecular flexibility index (Phi) is 5.86. The molecule has 204 valence electrons. The monoisotopic (exact) mass is 509 g/mol. The van der Waals surface area contributed by atoms with E-state index in [0.29, 0.717) is 12.2 Å². The van der Waals surface area contributed by atoms with Crippen molar-refractivity contribution in [2.24, 2.45) is 56.2 Å². The number of aliphatic hydroxyl groups excluding tert-OH is 2. The van der Waals surface area contributed by atoms with Crippen molar-refractivity contribution in [3.05, 3.63) is 11.6 Å². The predicted octanol–water partition coefficient (Wildman–Crippen LogP) is 5.64. The van der Waals surface area contributed by atoms with Crippen molar-refractivity contribution >= 4 is 11.6 Å². The molecule has 2 N–H and O–H groups in total. The van der Waals surface area contributed by atoms with Gasteiger partial charge in [-0.1, -0.05) is 54.5 Å². The summed E-state index contributed by atoms with van der Waals surface area (Å²) in [6, 6.07) is 2.20. The largest absolute Gasteiger partial charge is 0.394 e. The zero-order valence-corrected chi connectivity index (χ0v) is 24.0. The number of allylic oxidation sites excluding steroid dienone is 2. The molecule has 0 radical (unpaired) electrons. The molecule has 0 aromatic rings. The standard InChI is InChI=1S/C32H47NO4/c1-27(2)10-12-32(24(36)18-34)13-11-31(7)25(20(32)16-27)21(35)14-23-29(5)15-19(17-33)26(37)28(3,4)22(29)8-9-30(23,31)6/h15,20,22-25,34,36H,8-14,16,18H2,1-7H3/t20?,22-,23+,24?,25?,29-,30+,31+,32-/m0/s1. The molecule has 3 unspecified atom stereocenters. The van der Waals surface area contributed by atoms with E-state index in [1.165, 1.54) is 0 Å². The van der Waals surface area contributed by atoms with Crippen LogP contribution in [0, 0.1) is 67.5 Å². The van der Waals surface area contributed by atoms with Crippen LogP contribution in [0.25, 0.3) is 0 Å². The van der Waals surface area contributed by atoms with E-state index in [1.807, 2.05) is 19.9 Å². The van der Waals surface area contributed by atoms with Crippen LogP contribution in [0.3, 0.4) is 0 Å². The predicted molar refractivity (Wildman–Crippen MR) is 142 cm³/mol. The molecule has 0 aliphatic heterocycles. The van der Waals surface area contributed by atoms with E-state index in [0.717, 1.165) is 44.9 Å². The van der Waals surface area contributed by atoms with Crippen molar-refractivity contribution in [2.45, 2.75) is 106 Å². The van der Waals surface area contributed by atoms with Crippen LogP contribution in [0.1, 0.15) is 99.8 Å². The number of rotatable bonds is 2. The number of nitriles is 1. The summed E-state index contributed by atoms with van der Waals surface area (Å²) >= 11 is 0. The van der Waals surface area contributed by atoms with E-state index in [2.05, 4.69) is 40.7 Å². The molecule has 0 amide bonds. The summed E-state index contributed by atoms with van der Waals surface area (Å²) in [5.41, 5.74) is -1.42. The van der Waals surface area contributed by atoms with Crippen LogP contribution in [0.15, 0.2) is 11.6 Å². The first-order valence-electron chi connectivity index (χ1n) is 14.5. The second kappa shape index (κ2) is 8.01. The van der Waals surface area contributed by atoms with Gasteiger partial charge in [0.25, 0.3) is 0 Å². The fourth-order valence-electron chi connectivity index (χ4n) is 11.1. The van der Waals surface area contributed by atoms with E-state index >= 15 is 0 Å². The molecule has 0 saturated heterocycles. The lowest BCUT2D eigenvalue weighted by Gasteiger charge is -2.72. The van der Waals surface area contributed by atoms with Crippen LogP contribution in [0.5, 0.6) is 0 Å². The molecule has 5 heteroatoms. The Morgan fingerprint density at radius 1 is 0.973 bits per heavy atom. The number of carbonyl (C=O) groups is 2. The first-order chi connectivity index (χ1) is 17.0. The van der Waals surface area contributed by atoms with E-state index in [-0.39, 0.29) is 57.9 Å². The van der Waals surface area contributed by atoms with Gasteiger partial charge in [0.2, 0.25) is 0 Å². The van der Waals surface area contributed by atoms with Gasteiger partial charge in [0, 0.05) is 23.2 Å². The number of hydrogen-bond donors (Lipinski definition) is 2. The molecule has 5 aliphatic carbocycles. The Balaban J connectivity index is 1.64. The summed E-state index contributed by atoms with van der Waals surface area (Å²) < 4.78 is 0. The van der Waals surface area contributed by atoms with Crippen LogP contribution >= 0.6 is 0 Å². The number of nitrogens with zero attached hydrogens (tertiary/aromatic N) is 1. The van der Waals surface area contributed by atoms with Gasteiger partial charge in [-0.15, -0.1) is 0 Å². The van der Waals surface area contributed by atoms with Crippen LogP contribution < -0.4 is 0 Å². The minimum Gasteiger partial charge on any atom is -0.394 e. The highest BCUT2D eigenvalue weighted by Gasteiger charge is 2.72. The lowest BCUT2D eigenvalue weighted by atomic mass is 9.31. The molecule has 0 spiro atoms. The van der Waals surface area contributed by atoms with Crippen molar-refractivity contribution in [3.63, 3.8) is 0 Å². The van der Waals surface area contributed by atoms with E-state index in [9.17, 15) is 25.1 Å². The SMILES string of the molecule is CC1(C)CC[C@]2(C(O)CO)CC[C@]3(C)C(C(=O)C[C@@H]4[C@@]5(C)C=C(C#N)C(=O)C(C)(C)[C@@H]5CC[C@]43C)C2C1. The van der Waals surface area contributed by atoms with E-state index in [1.54, 1.807) is 0 Å². The molecule has 4 saturated carbocycles. The number of fused-ring (bicyclic) bond motifs is 7. The molecule has 4 fully saturated rings. The third kappa shape index (κ3) is 3.27. The van der Waals surface area contributed by atoms with E-state index < -0.39 is 22.3 Å². The summed E-state index contributed by atoms with van der Waals surface area (Å²) in [6.45, 7) is 15.3. The number of hydrogen-bond acceptors (Lipinski definition) is 5. The first-order valence-corrected chi connectivity index (χ1v) is 14.5. The van der Waals surface area contributed by atoms with Gasteiger partial charge in [-0.25, -0.2) is 0 Å². The summed E-state index contributed by atoms with van der Waals surface area (Å²) in [5, 5.41) is 31.2. The number of ketones is 2. The van der Waals surface area contributed by atoms with Gasteiger partial charge in [0.15, 0.2) is 5.78 Å². The third-order valence-corrected chi connectivity index (χ3v) is 13.4. The van der Waals surface area contributed by atoms with Gasteiger partial charge >= 0.3 is 0 Å². The van der Waals surface area contributed by atoms with Crippen molar-refractivity contribution in [2.75, 3.05) is 6.61 Å². The zero-order chi connectivity index (χ0) is 27.4. The molecule has 5 nitrogen and oxygen atoms in total. The number of Topliss-reactive ketones (excluding diaryl/α,β-unsaturated/α-hetero) is 2. The summed E-state index contributed by atoms with van der Waals surface area (Å²) in [4.78, 5) is 27.7. The van der Waals surface area contributed by atoms with Gasteiger partial charge < -0.3 is 10.2 Å². The molecule has 0 heterocycles. The Bertz CT molecular complexity index is 1100. The first kappa shape index (κ1) is 27.1. The molecule has 0 bridgehead atoms. The van der Waals surface area contributed by atoms with Crippen molar-refractivity contribution in [1.82, 2.24) is 0 Å². The third-order valence-electron chi connectivity index (χ3n) is 13.4. The molecular weight excluding hydrogens is 462 g/mol. The average molecular weight is 510 g/mol. The van der Waals surface area contributed by atoms with Gasteiger partial charge in [-0.05, 0) is 84.4 Å². The fraction of sp³-hybridized carbons (Fsp3) is 0.844. The number of carbonyl (C=O) groups excluding carboxylic acids is 2. The van der Waals surface area contributed by atoms with Gasteiger partial charge in [-0.3, -0.25) is 9.59 Å². The van der Waals surface area contributed by atoms with Crippen LogP contribution in [-0.4, -0.2) is 34.5 Å². The topological polar surface area (TPSA) is 98.4 Å². The maximum absolute atomic E-state index is 14.4. The Hall–Kier alpha value is -1.51. The van der Waals surface area contributed by atoms with Gasteiger partial charge in [0.05, 0.1) is 18.3 Å². The zero-order valence-electron chi connectivity index (χ0n) is 24.0. The Morgan fingerprint density at radius 3 is 2.24 bits per heavy atom. The quantitative estimate of drug-likeness (QED) is 0.502. The number of aliphatic hydroxyl groups is 2. The lowest BCUT2D eigenvalue weighted by Crippen LogP contribution is -2.69. The lowest BCUT2D eigenvalue weighted by molar-refractivity contribution is -0.236. The molecule has 5 rings (SSSR count). The second-order valence-electron chi connectivity index (χ2n) is 15.6. The van der Waals surface area contributed by atoms with Gasteiger partial charge in [-0.2, -0.15) is 5.26 Å². The van der Waals surface area contributed by atoms with Gasteiger partial charge in [0.1, 0.15) is 11.9 Å². The summed E-state index contributed by atoms with van der Waals surface area (Å²) in [6.07, 6.45) is 7.96. The highest BCUT2D eigenvalue weighted by atomic mass is 16.3. The average Bonchev–Trinajstić information content (AvgIpc) is 2.82. The maximum atomic E-state index is 14.4. The Morgan fingerprint density at radius 2 is 1.62 bits per heavy atom. The highest BCUT2D eigenvalue weighted by Crippen LogP contribution is 2.76. The summed E-state index contributed by atoms with van der Waals surface area (Å²) in [7, 11) is 0. The Labute approximate surface area is 223 Å². The minimum absolute atomic E-state index is 0.0579. The van der Waals surface area contributed by atoms with Crippen molar-refractivity contribution in [3.8, 4) is 6.07 Å². The molecular formula is C32H47NO4. The smallest absolute Gasteiger partial charge is 0.178 e. The molecule has 9 atom stereocenters. The van der Waals surface area contributed by atoms with Crippen LogP contribution in [0.2, 0.25) is 0 Å². The molecule has 5 aliphatic rings. The summed E-state index contributed by atoms with van der Waals surface area (Å²) in [5.74, 6) is 0.324.